The van der Waals surface area contributed by atoms with Crippen LogP contribution in [0.3, 0.4) is 0 Å². The molecule has 0 radical (unpaired) electrons. The molecule has 5 heterocycles. The number of piperidine rings is 1. The lowest BCUT2D eigenvalue weighted by molar-refractivity contribution is -0.140. The molecule has 4 aliphatic rings. The maximum absolute atomic E-state index is 13.6. The van der Waals surface area contributed by atoms with Gasteiger partial charge < -0.3 is 19.3 Å². The topological polar surface area (TPSA) is 111 Å². The van der Waals surface area contributed by atoms with Crippen LogP contribution in [0.5, 0.6) is 0 Å². The first-order valence-corrected chi connectivity index (χ1v) is 14.8. The molecule has 6 rings (SSSR count). The summed E-state index contributed by atoms with van der Waals surface area (Å²) in [6.07, 6.45) is 3.09. The van der Waals surface area contributed by atoms with Gasteiger partial charge in [0.25, 0.3) is 5.91 Å². The summed E-state index contributed by atoms with van der Waals surface area (Å²) < 4.78 is 39.2. The molecule has 10 nitrogen and oxygen atoms in total. The van der Waals surface area contributed by atoms with Gasteiger partial charge >= 0.3 is 0 Å². The average molecular weight is 529 g/mol. The van der Waals surface area contributed by atoms with Gasteiger partial charge in [0.05, 0.1) is 35.6 Å². The van der Waals surface area contributed by atoms with E-state index < -0.39 is 9.84 Å². The lowest BCUT2D eigenvalue weighted by Gasteiger charge is -2.36. The number of fused-ring (bicyclic) bond motifs is 3. The molecule has 0 unspecified atom stereocenters. The summed E-state index contributed by atoms with van der Waals surface area (Å²) in [6.45, 7) is 4.19. The number of aromatic nitrogens is 2. The van der Waals surface area contributed by atoms with Crippen LogP contribution in [-0.4, -0.2) is 92.4 Å². The Morgan fingerprint density at radius 1 is 0.919 bits per heavy atom. The maximum Gasteiger partial charge on any atom is 0.274 e. The minimum Gasteiger partial charge on any atom is -0.381 e. The number of likely N-dealkylation sites (tertiary alicyclic amines) is 1. The number of morpholine rings is 1. The highest BCUT2D eigenvalue weighted by molar-refractivity contribution is 7.90. The van der Waals surface area contributed by atoms with Gasteiger partial charge in [-0.15, -0.1) is 0 Å². The first kappa shape index (κ1) is 24.6. The van der Waals surface area contributed by atoms with Crippen molar-refractivity contribution in [3.05, 3.63) is 35.5 Å². The van der Waals surface area contributed by atoms with Crippen molar-refractivity contribution in [3.63, 3.8) is 0 Å². The lowest BCUT2D eigenvalue weighted by atomic mass is 9.96. The van der Waals surface area contributed by atoms with Crippen molar-refractivity contribution in [2.45, 2.75) is 42.4 Å². The van der Waals surface area contributed by atoms with E-state index in [1.807, 2.05) is 15.6 Å². The highest BCUT2D eigenvalue weighted by Gasteiger charge is 2.39. The highest BCUT2D eigenvalue weighted by atomic mass is 32.2. The number of ether oxygens (including phenoxy) is 2. The molecule has 0 bridgehead atoms. The Kier molecular flexibility index (Phi) is 6.54. The number of carbonyl (C=O) groups is 2. The van der Waals surface area contributed by atoms with Crippen molar-refractivity contribution in [1.82, 2.24) is 19.6 Å². The van der Waals surface area contributed by atoms with E-state index in [9.17, 15) is 18.0 Å². The van der Waals surface area contributed by atoms with Crippen molar-refractivity contribution < 1.29 is 27.5 Å². The third-order valence-electron chi connectivity index (χ3n) is 7.95. The summed E-state index contributed by atoms with van der Waals surface area (Å²) in [5.41, 5.74) is 1.92. The molecule has 0 spiro atoms. The monoisotopic (exact) mass is 528 g/mol. The SMILES string of the molecule is O=C(c1nn([C@H]2CCCN(C(=O)C3CCOCC3)C2)c2c1CS(=O)(=O)c1ccccc1-2)N1CCOCC1. The molecular formula is C26H32N4O6S. The number of carbonyl (C=O) groups excluding carboxylic acids is 2. The van der Waals surface area contributed by atoms with E-state index in [1.54, 1.807) is 23.1 Å². The van der Waals surface area contributed by atoms with Gasteiger partial charge in [-0.1, -0.05) is 18.2 Å². The van der Waals surface area contributed by atoms with Gasteiger partial charge in [0.1, 0.15) is 0 Å². The normalized spacial score (nSPS) is 23.8. The molecule has 1 atom stereocenters. The molecule has 2 aromatic rings. The quantitative estimate of drug-likeness (QED) is 0.598. The van der Waals surface area contributed by atoms with Crippen LogP contribution in [0.15, 0.2) is 29.2 Å². The minimum atomic E-state index is -3.62. The molecule has 1 aromatic carbocycles. The third-order valence-corrected chi connectivity index (χ3v) is 9.64. The average Bonchev–Trinajstić information content (AvgIpc) is 3.32. The lowest BCUT2D eigenvalue weighted by Crippen LogP contribution is -2.45. The summed E-state index contributed by atoms with van der Waals surface area (Å²) in [6, 6.07) is 6.80. The zero-order valence-electron chi connectivity index (χ0n) is 20.8. The van der Waals surface area contributed by atoms with E-state index in [0.717, 1.165) is 25.7 Å². The molecule has 3 saturated heterocycles. The van der Waals surface area contributed by atoms with Crippen LogP contribution >= 0.6 is 0 Å². The van der Waals surface area contributed by atoms with E-state index in [-0.39, 0.29) is 40.1 Å². The molecule has 0 saturated carbocycles. The molecule has 37 heavy (non-hydrogen) atoms. The first-order valence-electron chi connectivity index (χ1n) is 13.1. The predicted octanol–water partition coefficient (Wildman–Crippen LogP) is 1.90. The Hall–Kier alpha value is -2.76. The van der Waals surface area contributed by atoms with Crippen LogP contribution < -0.4 is 0 Å². The van der Waals surface area contributed by atoms with Gasteiger partial charge in [-0.05, 0) is 31.7 Å². The van der Waals surface area contributed by atoms with Crippen molar-refractivity contribution in [3.8, 4) is 11.3 Å². The minimum absolute atomic E-state index is 0.0247. The van der Waals surface area contributed by atoms with Gasteiger partial charge in [-0.25, -0.2) is 8.42 Å². The summed E-state index contributed by atoms with van der Waals surface area (Å²) in [5, 5.41) is 4.82. The highest BCUT2D eigenvalue weighted by Crippen LogP contribution is 2.42. The number of nitrogens with zero attached hydrogens (tertiary/aromatic N) is 4. The van der Waals surface area contributed by atoms with Gasteiger partial charge in [0.15, 0.2) is 15.5 Å². The smallest absolute Gasteiger partial charge is 0.274 e. The molecule has 0 N–H and O–H groups in total. The van der Waals surface area contributed by atoms with Crippen LogP contribution in [-0.2, 0) is 29.9 Å². The number of benzene rings is 1. The third kappa shape index (κ3) is 4.46. The van der Waals surface area contributed by atoms with E-state index >= 15 is 0 Å². The van der Waals surface area contributed by atoms with E-state index in [1.165, 1.54) is 0 Å². The van der Waals surface area contributed by atoms with Gasteiger partial charge in [0, 0.05) is 56.4 Å². The summed E-state index contributed by atoms with van der Waals surface area (Å²) in [7, 11) is -3.62. The summed E-state index contributed by atoms with van der Waals surface area (Å²) >= 11 is 0. The predicted molar refractivity (Wildman–Crippen MR) is 134 cm³/mol. The Balaban J connectivity index is 1.40. The fraction of sp³-hybridized carbons (Fsp3) is 0.577. The Morgan fingerprint density at radius 2 is 1.65 bits per heavy atom. The number of hydrogen-bond donors (Lipinski definition) is 0. The second-order valence-corrected chi connectivity index (χ2v) is 12.2. The standard InChI is InChI=1S/C26H32N4O6S/c31-25(18-7-12-35-13-8-18)29-9-3-4-19(16-29)30-24-20-5-1-2-6-22(20)37(33,34)17-21(24)23(27-30)26(32)28-10-14-36-15-11-28/h1-2,5-6,18-19H,3-4,7-17H2/t19-/m0/s1. The van der Waals surface area contributed by atoms with Crippen LogP contribution in [0.1, 0.15) is 47.8 Å². The van der Waals surface area contributed by atoms with Crippen LogP contribution in [0, 0.1) is 5.92 Å². The second-order valence-electron chi connectivity index (χ2n) is 10.2. The molecule has 0 aliphatic carbocycles. The van der Waals surface area contributed by atoms with E-state index in [2.05, 4.69) is 0 Å². The zero-order chi connectivity index (χ0) is 25.6. The van der Waals surface area contributed by atoms with E-state index in [4.69, 9.17) is 14.6 Å². The molecular weight excluding hydrogens is 496 g/mol. The number of sulfone groups is 1. The Labute approximate surface area is 216 Å². The van der Waals surface area contributed by atoms with Crippen LogP contribution in [0.2, 0.25) is 0 Å². The summed E-state index contributed by atoms with van der Waals surface area (Å²) in [4.78, 5) is 30.8. The number of hydrogen-bond acceptors (Lipinski definition) is 7. The summed E-state index contributed by atoms with van der Waals surface area (Å²) in [5.74, 6) is -0.397. The molecule has 11 heteroatoms. The van der Waals surface area contributed by atoms with Gasteiger partial charge in [-0.3, -0.25) is 14.3 Å². The zero-order valence-corrected chi connectivity index (χ0v) is 21.6. The molecule has 198 valence electrons. The van der Waals surface area contributed by atoms with Crippen molar-refractivity contribution >= 4 is 21.7 Å². The Morgan fingerprint density at radius 3 is 2.43 bits per heavy atom. The maximum atomic E-state index is 13.6. The fourth-order valence-electron chi connectivity index (χ4n) is 6.00. The van der Waals surface area contributed by atoms with Crippen molar-refractivity contribution in [2.75, 3.05) is 52.6 Å². The molecule has 4 aliphatic heterocycles. The Bertz CT molecular complexity index is 1310. The number of rotatable bonds is 3. The number of amides is 2. The molecule has 1 aromatic heterocycles. The van der Waals surface area contributed by atoms with Crippen molar-refractivity contribution in [2.24, 2.45) is 5.92 Å². The van der Waals surface area contributed by atoms with Gasteiger partial charge in [0.2, 0.25) is 5.91 Å². The van der Waals surface area contributed by atoms with Crippen molar-refractivity contribution in [1.29, 1.82) is 0 Å². The molecule has 3 fully saturated rings. The molecule has 2 amide bonds. The fourth-order valence-corrected chi connectivity index (χ4v) is 7.60. The second kappa shape index (κ2) is 9.85. The van der Waals surface area contributed by atoms with Crippen LogP contribution in [0.25, 0.3) is 11.3 Å². The largest absolute Gasteiger partial charge is 0.381 e. The first-order chi connectivity index (χ1) is 17.9. The van der Waals surface area contributed by atoms with Crippen LogP contribution in [0.4, 0.5) is 0 Å². The van der Waals surface area contributed by atoms with Gasteiger partial charge in [-0.2, -0.15) is 5.10 Å². The van der Waals surface area contributed by atoms with E-state index in [0.29, 0.717) is 69.4 Å².